The molecule has 0 aromatic rings. The van der Waals surface area contributed by atoms with Crippen molar-refractivity contribution in [1.82, 2.24) is 5.32 Å². The molecule has 2 amide bonds. The minimum atomic E-state index is -0.466. The first-order valence-corrected chi connectivity index (χ1v) is 3.92. The van der Waals surface area contributed by atoms with E-state index in [9.17, 15) is 4.79 Å². The van der Waals surface area contributed by atoms with Crippen LogP contribution in [0.25, 0.3) is 0 Å². The third-order valence-electron chi connectivity index (χ3n) is 2.04. The summed E-state index contributed by atoms with van der Waals surface area (Å²) >= 11 is 0. The molecule has 4 nitrogen and oxygen atoms in total. The van der Waals surface area contributed by atoms with Crippen molar-refractivity contribution in [2.45, 2.75) is 37.8 Å². The first-order chi connectivity index (χ1) is 5.18. The summed E-state index contributed by atoms with van der Waals surface area (Å²) in [5, 5.41) is 11.7. The monoisotopic (exact) mass is 158 g/mol. The number of amides is 2. The van der Waals surface area contributed by atoms with E-state index in [1.165, 1.54) is 0 Å². The van der Waals surface area contributed by atoms with Gasteiger partial charge in [-0.25, -0.2) is 4.79 Å². The lowest BCUT2D eigenvalue weighted by molar-refractivity contribution is 0.118. The van der Waals surface area contributed by atoms with E-state index < -0.39 is 6.03 Å². The van der Waals surface area contributed by atoms with Crippen molar-refractivity contribution in [2.75, 3.05) is 0 Å². The highest BCUT2D eigenvalue weighted by atomic mass is 16.3. The van der Waals surface area contributed by atoms with Gasteiger partial charge in [-0.2, -0.15) is 0 Å². The fourth-order valence-electron chi connectivity index (χ4n) is 1.42. The number of carbonyl (C=O) groups is 1. The lowest BCUT2D eigenvalue weighted by atomic mass is 9.93. The van der Waals surface area contributed by atoms with E-state index in [0.717, 1.165) is 25.7 Å². The molecule has 64 valence electrons. The Hall–Kier alpha value is -0.770. The molecule has 1 rings (SSSR count). The number of carbonyl (C=O) groups excluding carboxylic acids is 1. The van der Waals surface area contributed by atoms with E-state index in [1.807, 2.05) is 0 Å². The highest BCUT2D eigenvalue weighted by Crippen LogP contribution is 2.17. The topological polar surface area (TPSA) is 75.4 Å². The predicted molar refractivity (Wildman–Crippen MR) is 41.0 cm³/mol. The Kier molecular flexibility index (Phi) is 2.70. The van der Waals surface area contributed by atoms with Crippen molar-refractivity contribution in [3.05, 3.63) is 0 Å². The van der Waals surface area contributed by atoms with Gasteiger partial charge in [-0.1, -0.05) is 0 Å². The minimum Gasteiger partial charge on any atom is -0.393 e. The van der Waals surface area contributed by atoms with Gasteiger partial charge in [-0.05, 0) is 25.7 Å². The zero-order valence-corrected chi connectivity index (χ0v) is 6.42. The van der Waals surface area contributed by atoms with Crippen LogP contribution >= 0.6 is 0 Å². The number of nitrogens with one attached hydrogen (secondary N) is 1. The van der Waals surface area contributed by atoms with Gasteiger partial charge in [0.15, 0.2) is 0 Å². The molecule has 0 aliphatic heterocycles. The molecule has 4 heteroatoms. The van der Waals surface area contributed by atoms with E-state index in [0.29, 0.717) is 0 Å². The molecule has 11 heavy (non-hydrogen) atoms. The van der Waals surface area contributed by atoms with Crippen LogP contribution in [0.15, 0.2) is 0 Å². The highest BCUT2D eigenvalue weighted by Gasteiger charge is 2.19. The zero-order valence-electron chi connectivity index (χ0n) is 6.42. The van der Waals surface area contributed by atoms with Gasteiger partial charge in [0.25, 0.3) is 0 Å². The summed E-state index contributed by atoms with van der Waals surface area (Å²) in [7, 11) is 0. The minimum absolute atomic E-state index is 0.177. The molecule has 0 heterocycles. The van der Waals surface area contributed by atoms with Gasteiger partial charge in [0.05, 0.1) is 6.10 Å². The Balaban J connectivity index is 2.22. The van der Waals surface area contributed by atoms with Crippen molar-refractivity contribution < 1.29 is 9.90 Å². The number of aliphatic hydroxyl groups is 1. The normalized spacial score (nSPS) is 31.4. The number of urea groups is 1. The van der Waals surface area contributed by atoms with Gasteiger partial charge in [0.2, 0.25) is 0 Å². The first-order valence-electron chi connectivity index (χ1n) is 3.92. The van der Waals surface area contributed by atoms with Gasteiger partial charge in [0.1, 0.15) is 0 Å². The summed E-state index contributed by atoms with van der Waals surface area (Å²) in [5.74, 6) is 0. The lowest BCUT2D eigenvalue weighted by Crippen LogP contribution is -2.41. The fourth-order valence-corrected chi connectivity index (χ4v) is 1.42. The third kappa shape index (κ3) is 2.76. The van der Waals surface area contributed by atoms with Crippen LogP contribution < -0.4 is 11.1 Å². The molecule has 0 aromatic heterocycles. The summed E-state index contributed by atoms with van der Waals surface area (Å²) in [6, 6.07) is -0.290. The van der Waals surface area contributed by atoms with Crippen molar-refractivity contribution in [3.63, 3.8) is 0 Å². The maximum Gasteiger partial charge on any atom is 0.312 e. The summed E-state index contributed by atoms with van der Waals surface area (Å²) in [4.78, 5) is 10.4. The summed E-state index contributed by atoms with van der Waals surface area (Å²) in [6.07, 6.45) is 3.03. The van der Waals surface area contributed by atoms with Crippen molar-refractivity contribution in [1.29, 1.82) is 0 Å². The summed E-state index contributed by atoms with van der Waals surface area (Å²) in [6.45, 7) is 0. The Morgan fingerprint density at radius 3 is 2.36 bits per heavy atom. The molecule has 0 saturated heterocycles. The van der Waals surface area contributed by atoms with Crippen LogP contribution in [0.2, 0.25) is 0 Å². The van der Waals surface area contributed by atoms with E-state index in [1.54, 1.807) is 0 Å². The van der Waals surface area contributed by atoms with E-state index in [2.05, 4.69) is 5.32 Å². The smallest absolute Gasteiger partial charge is 0.312 e. The van der Waals surface area contributed by atoms with Crippen LogP contribution in [0, 0.1) is 0 Å². The predicted octanol–water partition coefficient (Wildman–Crippen LogP) is -0.0418. The SMILES string of the molecule is NC(=O)N[C@H]1CC[C@H](O)CC1. The second-order valence-corrected chi connectivity index (χ2v) is 3.01. The van der Waals surface area contributed by atoms with Gasteiger partial charge in [-0.3, -0.25) is 0 Å². The van der Waals surface area contributed by atoms with Crippen LogP contribution in [-0.2, 0) is 0 Å². The number of hydrogen-bond donors (Lipinski definition) is 3. The molecular formula is C7H14N2O2. The molecule has 0 aromatic carbocycles. The zero-order chi connectivity index (χ0) is 8.27. The van der Waals surface area contributed by atoms with Gasteiger partial charge >= 0.3 is 6.03 Å². The average molecular weight is 158 g/mol. The molecule has 0 bridgehead atoms. The quantitative estimate of drug-likeness (QED) is 0.500. The average Bonchev–Trinajstić information content (AvgIpc) is 1.93. The molecule has 1 fully saturated rings. The molecule has 0 unspecified atom stereocenters. The number of nitrogens with two attached hydrogens (primary N) is 1. The highest BCUT2D eigenvalue weighted by molar-refractivity contribution is 5.71. The molecule has 0 atom stereocenters. The van der Waals surface area contributed by atoms with Crippen molar-refractivity contribution in [2.24, 2.45) is 5.73 Å². The maximum absolute atomic E-state index is 10.4. The molecule has 1 aliphatic carbocycles. The van der Waals surface area contributed by atoms with Crippen LogP contribution in [0.1, 0.15) is 25.7 Å². The third-order valence-corrected chi connectivity index (χ3v) is 2.04. The van der Waals surface area contributed by atoms with Crippen LogP contribution in [-0.4, -0.2) is 23.3 Å². The maximum atomic E-state index is 10.4. The number of hydrogen-bond acceptors (Lipinski definition) is 2. The molecule has 0 radical (unpaired) electrons. The van der Waals surface area contributed by atoms with E-state index in [4.69, 9.17) is 10.8 Å². The molecule has 4 N–H and O–H groups in total. The molecular weight excluding hydrogens is 144 g/mol. The first kappa shape index (κ1) is 8.33. The second kappa shape index (κ2) is 3.57. The van der Waals surface area contributed by atoms with Crippen LogP contribution in [0.3, 0.4) is 0 Å². The Morgan fingerprint density at radius 1 is 1.36 bits per heavy atom. The number of primary amides is 1. The van der Waals surface area contributed by atoms with Gasteiger partial charge in [0, 0.05) is 6.04 Å². The van der Waals surface area contributed by atoms with Gasteiger partial charge in [-0.15, -0.1) is 0 Å². The van der Waals surface area contributed by atoms with Crippen LogP contribution in [0.5, 0.6) is 0 Å². The second-order valence-electron chi connectivity index (χ2n) is 3.01. The molecule has 1 aliphatic rings. The van der Waals surface area contributed by atoms with Crippen molar-refractivity contribution in [3.8, 4) is 0 Å². The standard InChI is InChI=1S/C7H14N2O2/c8-7(11)9-5-1-3-6(10)4-2-5/h5-6,10H,1-4H2,(H3,8,9,11)/t5-,6-. The summed E-state index contributed by atoms with van der Waals surface area (Å²) in [5.41, 5.74) is 4.95. The molecule has 1 saturated carbocycles. The molecule has 0 spiro atoms. The lowest BCUT2D eigenvalue weighted by Gasteiger charge is -2.25. The number of aliphatic hydroxyl groups excluding tert-OH is 1. The van der Waals surface area contributed by atoms with Crippen molar-refractivity contribution >= 4 is 6.03 Å². The van der Waals surface area contributed by atoms with E-state index in [-0.39, 0.29) is 12.1 Å². The van der Waals surface area contributed by atoms with E-state index >= 15 is 0 Å². The largest absolute Gasteiger partial charge is 0.393 e. The fraction of sp³-hybridized carbons (Fsp3) is 0.857. The Morgan fingerprint density at radius 2 is 1.91 bits per heavy atom. The van der Waals surface area contributed by atoms with Crippen LogP contribution in [0.4, 0.5) is 4.79 Å². The Labute approximate surface area is 65.8 Å². The van der Waals surface area contributed by atoms with Gasteiger partial charge < -0.3 is 16.2 Å². The summed E-state index contributed by atoms with van der Waals surface area (Å²) < 4.78 is 0. The Bertz CT molecular complexity index is 141. The number of rotatable bonds is 1.